The molecule has 3 N–H and O–H groups in total. The molecule has 0 aromatic carbocycles. The summed E-state index contributed by atoms with van der Waals surface area (Å²) in [6.45, 7) is 3.33. The number of aliphatic hydroxyl groups excluding tert-OH is 3. The third-order valence-corrected chi connectivity index (χ3v) is 5.50. The molecule has 4 atom stereocenters. The Labute approximate surface area is 132 Å². The first-order chi connectivity index (χ1) is 10.7. The Bertz CT molecular complexity index is 679. The normalized spacial score (nSPS) is 28.3. The molecule has 8 nitrogen and oxygen atoms in total. The summed E-state index contributed by atoms with van der Waals surface area (Å²) in [5, 5.41) is 30.0. The van der Waals surface area contributed by atoms with Crippen LogP contribution in [0.15, 0.2) is 25.3 Å². The van der Waals surface area contributed by atoms with E-state index in [2.05, 4.69) is 21.5 Å². The summed E-state index contributed by atoms with van der Waals surface area (Å²) in [6.07, 6.45) is 0.799. The van der Waals surface area contributed by atoms with Crippen molar-refractivity contribution in [2.24, 2.45) is 0 Å². The van der Waals surface area contributed by atoms with Crippen LogP contribution in [0.1, 0.15) is 6.23 Å². The van der Waals surface area contributed by atoms with Crippen molar-refractivity contribution < 1.29 is 20.1 Å². The predicted octanol–water partition coefficient (Wildman–Crippen LogP) is -1.63. The number of aliphatic hydroxyl groups is 3. The van der Waals surface area contributed by atoms with Gasteiger partial charge in [-0.2, -0.15) is 0 Å². The van der Waals surface area contributed by atoms with Crippen LogP contribution in [0.2, 0.25) is 5.32 Å². The number of hydrogen-bond donors (Lipinski definition) is 3. The fourth-order valence-electron chi connectivity index (χ4n) is 2.37. The monoisotopic (exact) mass is 372 g/mol. The Hall–Kier alpha value is -1.35. The molecule has 0 unspecified atom stereocenters. The summed E-state index contributed by atoms with van der Waals surface area (Å²) < 4.78 is 7.92. The summed E-state index contributed by atoms with van der Waals surface area (Å²) in [6, 6.07) is 0. The first kappa shape index (κ1) is 15.5. The van der Waals surface area contributed by atoms with Gasteiger partial charge in [-0.05, 0) is 0 Å². The molecule has 22 heavy (non-hydrogen) atoms. The van der Waals surface area contributed by atoms with Crippen molar-refractivity contribution >= 4 is 30.7 Å². The number of aromatic nitrogens is 4. The molecule has 0 radical (unpaired) electrons. The molecule has 2 aromatic heterocycles. The van der Waals surface area contributed by atoms with Crippen LogP contribution < -0.4 is 4.59 Å². The van der Waals surface area contributed by atoms with Gasteiger partial charge in [0.15, 0.2) is 0 Å². The zero-order chi connectivity index (χ0) is 15.7. The van der Waals surface area contributed by atoms with Crippen LogP contribution in [0.25, 0.3) is 11.2 Å². The molecule has 0 spiro atoms. The number of rotatable bonds is 5. The fourth-order valence-corrected chi connectivity index (χ4v) is 3.79. The van der Waals surface area contributed by atoms with Gasteiger partial charge in [-0.3, -0.25) is 0 Å². The van der Waals surface area contributed by atoms with Gasteiger partial charge < -0.3 is 0 Å². The second kappa shape index (κ2) is 6.41. The summed E-state index contributed by atoms with van der Waals surface area (Å²) in [5.74, 6) is 0. The topological polar surface area (TPSA) is 114 Å². The number of hydrogen-bond acceptors (Lipinski definition) is 7. The van der Waals surface area contributed by atoms with E-state index in [1.165, 1.54) is 12.7 Å². The Morgan fingerprint density at radius 1 is 1.32 bits per heavy atom. The number of ether oxygens (including phenoxy) is 1. The second-order valence-corrected chi connectivity index (χ2v) is 6.95. The quantitative estimate of drug-likeness (QED) is 0.427. The van der Waals surface area contributed by atoms with Crippen LogP contribution in [0.3, 0.4) is 0 Å². The second-order valence-electron chi connectivity index (χ2n) is 4.83. The van der Waals surface area contributed by atoms with Gasteiger partial charge in [0.2, 0.25) is 0 Å². The number of fused-ring (bicyclic) bond motifs is 1. The third kappa shape index (κ3) is 2.56. The number of nitrogens with zero attached hydrogens (tertiary/aromatic N) is 4. The average Bonchev–Trinajstić information content (AvgIpc) is 3.08. The van der Waals surface area contributed by atoms with E-state index in [0.717, 1.165) is 9.91 Å². The Kier molecular flexibility index (Phi) is 4.53. The van der Waals surface area contributed by atoms with E-state index in [0.29, 0.717) is 11.2 Å². The average molecular weight is 371 g/mol. The van der Waals surface area contributed by atoms with Gasteiger partial charge in [0.25, 0.3) is 0 Å². The zero-order valence-corrected chi connectivity index (χ0v) is 13.3. The third-order valence-electron chi connectivity index (χ3n) is 3.45. The molecule has 0 amide bonds. The Morgan fingerprint density at radius 2 is 2.14 bits per heavy atom. The van der Waals surface area contributed by atoms with Crippen molar-refractivity contribution in [2.75, 3.05) is 6.61 Å². The maximum absolute atomic E-state index is 10.1. The molecular formula is C13H16N4O4Se. The maximum atomic E-state index is 10.1. The van der Waals surface area contributed by atoms with Crippen molar-refractivity contribution in [3.05, 3.63) is 25.3 Å². The standard InChI is InChI=1S/C13H16N4O4Se/c1-2-3-22-12-8-11(14-5-15-12)17(6-16-8)13-10(20)9(19)7(4-18)21-13/h2,5-7,9-10,13,18-20H,1,3-4H2/t7-,9-,10-,13-/m1/s1. The molecule has 0 bridgehead atoms. The molecule has 1 saturated heterocycles. The molecule has 1 aliphatic rings. The molecular weight excluding hydrogens is 355 g/mol. The van der Waals surface area contributed by atoms with E-state index in [-0.39, 0.29) is 21.6 Å². The molecule has 2 aromatic rings. The van der Waals surface area contributed by atoms with Gasteiger partial charge in [0, 0.05) is 0 Å². The van der Waals surface area contributed by atoms with Crippen molar-refractivity contribution in [2.45, 2.75) is 29.9 Å². The van der Waals surface area contributed by atoms with Gasteiger partial charge in [0.1, 0.15) is 0 Å². The van der Waals surface area contributed by atoms with Crippen molar-refractivity contribution in [1.29, 1.82) is 0 Å². The summed E-state index contributed by atoms with van der Waals surface area (Å²) >= 11 is 0.102. The van der Waals surface area contributed by atoms with Crippen LogP contribution in [-0.4, -0.2) is 74.7 Å². The van der Waals surface area contributed by atoms with E-state index >= 15 is 0 Å². The van der Waals surface area contributed by atoms with E-state index in [1.807, 2.05) is 6.08 Å². The SMILES string of the molecule is C=CC[Se]c1ncnc2c1ncn2[C@@H]1O[C@H](CO)[C@@H](O)[C@H]1O. The summed E-state index contributed by atoms with van der Waals surface area (Å²) in [7, 11) is 0. The minimum atomic E-state index is -1.16. The molecule has 118 valence electrons. The number of allylic oxidation sites excluding steroid dienone is 1. The van der Waals surface area contributed by atoms with E-state index in [4.69, 9.17) is 4.74 Å². The predicted molar refractivity (Wildman–Crippen MR) is 78.7 cm³/mol. The molecule has 3 rings (SSSR count). The minimum absolute atomic E-state index is 0.102. The molecule has 1 aliphatic heterocycles. The van der Waals surface area contributed by atoms with Crippen molar-refractivity contribution in [3.8, 4) is 0 Å². The summed E-state index contributed by atoms with van der Waals surface area (Å²) in [4.78, 5) is 12.8. The van der Waals surface area contributed by atoms with Crippen molar-refractivity contribution in [1.82, 2.24) is 19.5 Å². The van der Waals surface area contributed by atoms with E-state index in [1.54, 1.807) is 4.57 Å². The van der Waals surface area contributed by atoms with Crippen LogP contribution in [0.4, 0.5) is 0 Å². The van der Waals surface area contributed by atoms with Crippen LogP contribution in [0, 0.1) is 0 Å². The van der Waals surface area contributed by atoms with Crippen LogP contribution in [-0.2, 0) is 4.74 Å². The molecule has 0 aliphatic carbocycles. The van der Waals surface area contributed by atoms with Crippen LogP contribution in [0.5, 0.6) is 0 Å². The van der Waals surface area contributed by atoms with Crippen molar-refractivity contribution in [3.63, 3.8) is 0 Å². The first-order valence-electron chi connectivity index (χ1n) is 6.71. The van der Waals surface area contributed by atoms with Gasteiger partial charge >= 0.3 is 132 Å². The number of imidazole rings is 1. The summed E-state index contributed by atoms with van der Waals surface area (Å²) in [5.41, 5.74) is 1.19. The van der Waals surface area contributed by atoms with Crippen LogP contribution >= 0.6 is 0 Å². The van der Waals surface area contributed by atoms with Gasteiger partial charge in [-0.25, -0.2) is 0 Å². The van der Waals surface area contributed by atoms with Gasteiger partial charge in [-0.1, -0.05) is 0 Å². The van der Waals surface area contributed by atoms with E-state index < -0.39 is 24.5 Å². The van der Waals surface area contributed by atoms with E-state index in [9.17, 15) is 15.3 Å². The molecule has 9 heteroatoms. The Morgan fingerprint density at radius 3 is 2.82 bits per heavy atom. The first-order valence-corrected chi connectivity index (χ1v) is 8.77. The fraction of sp³-hybridized carbons (Fsp3) is 0.462. The van der Waals surface area contributed by atoms with Gasteiger partial charge in [0.05, 0.1) is 0 Å². The zero-order valence-electron chi connectivity index (χ0n) is 11.6. The molecule has 3 heterocycles. The van der Waals surface area contributed by atoms with Gasteiger partial charge in [-0.15, -0.1) is 0 Å². The molecule has 1 fully saturated rings. The Balaban J connectivity index is 1.97. The molecule has 0 saturated carbocycles.